The number of amides is 1. The molecule has 1 fully saturated rings. The summed E-state index contributed by atoms with van der Waals surface area (Å²) in [5, 5.41) is 11.8. The van der Waals surface area contributed by atoms with E-state index in [2.05, 4.69) is 11.4 Å². The monoisotopic (exact) mass is 183 g/mol. The molecule has 1 aliphatic rings. The van der Waals surface area contributed by atoms with Gasteiger partial charge >= 0.3 is 6.09 Å². The fraction of sp³-hybridized carbons (Fsp3) is 0.750. The standard InChI is InChI=1S/C8H13N3O2/c1-2-13-8(12)11-4-3-10-6-7(11)5-9/h7,10H,2-4,6H2,1H3. The predicted molar refractivity (Wildman–Crippen MR) is 46.0 cm³/mol. The Kier molecular flexibility index (Phi) is 3.53. The molecular weight excluding hydrogens is 170 g/mol. The highest BCUT2D eigenvalue weighted by molar-refractivity contribution is 5.68. The summed E-state index contributed by atoms with van der Waals surface area (Å²) in [6.45, 7) is 3.88. The van der Waals surface area contributed by atoms with Gasteiger partial charge in [-0.1, -0.05) is 0 Å². The molecule has 0 spiro atoms. The highest BCUT2D eigenvalue weighted by atomic mass is 16.6. The maximum Gasteiger partial charge on any atom is 0.410 e. The van der Waals surface area contributed by atoms with Crippen molar-refractivity contribution in [1.29, 1.82) is 5.26 Å². The molecular formula is C8H13N3O2. The molecule has 1 aliphatic heterocycles. The van der Waals surface area contributed by atoms with E-state index in [1.165, 1.54) is 4.90 Å². The summed E-state index contributed by atoms with van der Waals surface area (Å²) in [4.78, 5) is 12.8. The second-order valence-electron chi connectivity index (χ2n) is 2.74. The summed E-state index contributed by atoms with van der Waals surface area (Å²) in [6.07, 6.45) is -0.393. The van der Waals surface area contributed by atoms with E-state index in [1.54, 1.807) is 6.92 Å². The summed E-state index contributed by atoms with van der Waals surface area (Å²) in [5.74, 6) is 0. The van der Waals surface area contributed by atoms with Crippen LogP contribution in [0.1, 0.15) is 6.92 Å². The number of nitrogens with one attached hydrogen (secondary N) is 1. The molecule has 72 valence electrons. The van der Waals surface area contributed by atoms with E-state index < -0.39 is 12.1 Å². The predicted octanol–water partition coefficient (Wildman–Crippen LogP) is -0.0597. The van der Waals surface area contributed by atoms with Crippen LogP contribution in [-0.2, 0) is 4.74 Å². The molecule has 0 bridgehead atoms. The van der Waals surface area contributed by atoms with Crippen LogP contribution < -0.4 is 5.32 Å². The van der Waals surface area contributed by atoms with Crippen molar-refractivity contribution in [3.8, 4) is 6.07 Å². The average molecular weight is 183 g/mol. The lowest BCUT2D eigenvalue weighted by molar-refractivity contribution is 0.0918. The van der Waals surface area contributed by atoms with Crippen molar-refractivity contribution >= 4 is 6.09 Å². The third-order valence-electron chi connectivity index (χ3n) is 1.89. The van der Waals surface area contributed by atoms with Crippen LogP contribution in [0.15, 0.2) is 0 Å². The molecule has 1 heterocycles. The lowest BCUT2D eigenvalue weighted by atomic mass is 10.2. The van der Waals surface area contributed by atoms with Crippen LogP contribution in [0, 0.1) is 11.3 Å². The second kappa shape index (κ2) is 4.67. The average Bonchev–Trinajstić information content (AvgIpc) is 2.18. The number of piperazine rings is 1. The van der Waals surface area contributed by atoms with Crippen LogP contribution in [0.5, 0.6) is 0 Å². The Balaban J connectivity index is 2.54. The molecule has 1 atom stereocenters. The number of hydrogen-bond donors (Lipinski definition) is 1. The Morgan fingerprint density at radius 2 is 2.62 bits per heavy atom. The smallest absolute Gasteiger partial charge is 0.410 e. The van der Waals surface area contributed by atoms with Crippen LogP contribution in [0.2, 0.25) is 0 Å². The Bertz CT molecular complexity index is 224. The van der Waals surface area contributed by atoms with E-state index in [1.807, 2.05) is 0 Å². The second-order valence-corrected chi connectivity index (χ2v) is 2.74. The molecule has 0 aromatic carbocycles. The van der Waals surface area contributed by atoms with Gasteiger partial charge in [0.05, 0.1) is 12.7 Å². The van der Waals surface area contributed by atoms with Gasteiger partial charge in [0.15, 0.2) is 0 Å². The van der Waals surface area contributed by atoms with Crippen molar-refractivity contribution in [2.75, 3.05) is 26.2 Å². The molecule has 0 saturated carbocycles. The number of rotatable bonds is 1. The first kappa shape index (κ1) is 9.81. The molecule has 1 rings (SSSR count). The zero-order valence-corrected chi connectivity index (χ0v) is 7.62. The topological polar surface area (TPSA) is 65.4 Å². The van der Waals surface area contributed by atoms with Crippen LogP contribution in [0.25, 0.3) is 0 Å². The fourth-order valence-corrected chi connectivity index (χ4v) is 1.24. The summed E-state index contributed by atoms with van der Waals surface area (Å²) in [6, 6.07) is 1.66. The maximum atomic E-state index is 11.3. The fourth-order valence-electron chi connectivity index (χ4n) is 1.24. The van der Waals surface area contributed by atoms with Crippen LogP contribution >= 0.6 is 0 Å². The molecule has 5 heteroatoms. The molecule has 13 heavy (non-hydrogen) atoms. The number of ether oxygens (including phenoxy) is 1. The number of nitrogens with zero attached hydrogens (tertiary/aromatic N) is 2. The van der Waals surface area contributed by atoms with E-state index >= 15 is 0 Å². The van der Waals surface area contributed by atoms with Gasteiger partial charge in [0, 0.05) is 19.6 Å². The van der Waals surface area contributed by atoms with Gasteiger partial charge in [-0.25, -0.2) is 4.79 Å². The van der Waals surface area contributed by atoms with Gasteiger partial charge in [-0.3, -0.25) is 4.90 Å². The Hall–Kier alpha value is -1.28. The minimum absolute atomic E-state index is 0.348. The summed E-state index contributed by atoms with van der Waals surface area (Å²) in [5.41, 5.74) is 0. The molecule has 0 aliphatic carbocycles. The van der Waals surface area contributed by atoms with E-state index in [9.17, 15) is 4.79 Å². The van der Waals surface area contributed by atoms with Gasteiger partial charge in [0.1, 0.15) is 6.04 Å². The highest BCUT2D eigenvalue weighted by Gasteiger charge is 2.26. The first-order chi connectivity index (χ1) is 6.29. The number of carbonyl (C=O) groups is 1. The zero-order chi connectivity index (χ0) is 9.68. The van der Waals surface area contributed by atoms with E-state index in [4.69, 9.17) is 10.00 Å². The van der Waals surface area contributed by atoms with Gasteiger partial charge in [-0.05, 0) is 6.92 Å². The lowest BCUT2D eigenvalue weighted by Gasteiger charge is -2.30. The number of hydrogen-bond acceptors (Lipinski definition) is 4. The third-order valence-corrected chi connectivity index (χ3v) is 1.89. The van der Waals surface area contributed by atoms with Gasteiger partial charge in [0.2, 0.25) is 0 Å². The Labute approximate surface area is 77.3 Å². The minimum Gasteiger partial charge on any atom is -0.450 e. The van der Waals surface area contributed by atoms with Gasteiger partial charge in [0.25, 0.3) is 0 Å². The van der Waals surface area contributed by atoms with E-state index in [-0.39, 0.29) is 0 Å². The van der Waals surface area contributed by atoms with Gasteiger partial charge in [-0.15, -0.1) is 0 Å². The van der Waals surface area contributed by atoms with Crippen molar-refractivity contribution < 1.29 is 9.53 Å². The Morgan fingerprint density at radius 3 is 3.23 bits per heavy atom. The van der Waals surface area contributed by atoms with Crippen molar-refractivity contribution in [1.82, 2.24) is 10.2 Å². The maximum absolute atomic E-state index is 11.3. The normalized spacial score (nSPS) is 22.2. The summed E-state index contributed by atoms with van der Waals surface area (Å²) < 4.78 is 4.82. The SMILES string of the molecule is CCOC(=O)N1CCNCC1C#N. The molecule has 1 N–H and O–H groups in total. The molecule has 0 aromatic rings. The Morgan fingerprint density at radius 1 is 1.85 bits per heavy atom. The largest absolute Gasteiger partial charge is 0.450 e. The lowest BCUT2D eigenvalue weighted by Crippen LogP contribution is -2.53. The van der Waals surface area contributed by atoms with Gasteiger partial charge < -0.3 is 10.1 Å². The van der Waals surface area contributed by atoms with E-state index in [0.29, 0.717) is 19.7 Å². The number of nitriles is 1. The zero-order valence-electron chi connectivity index (χ0n) is 7.62. The summed E-state index contributed by atoms with van der Waals surface area (Å²) in [7, 11) is 0. The van der Waals surface area contributed by atoms with Gasteiger partial charge in [-0.2, -0.15) is 5.26 Å². The molecule has 0 aromatic heterocycles. The highest BCUT2D eigenvalue weighted by Crippen LogP contribution is 2.04. The minimum atomic E-state index is -0.396. The molecule has 5 nitrogen and oxygen atoms in total. The molecule has 1 amide bonds. The van der Waals surface area contributed by atoms with Crippen LogP contribution in [0.3, 0.4) is 0 Å². The first-order valence-corrected chi connectivity index (χ1v) is 4.33. The molecule has 1 saturated heterocycles. The van der Waals surface area contributed by atoms with Crippen molar-refractivity contribution in [3.05, 3.63) is 0 Å². The third kappa shape index (κ3) is 2.33. The number of carbonyl (C=O) groups excluding carboxylic acids is 1. The first-order valence-electron chi connectivity index (χ1n) is 4.33. The molecule has 1 unspecified atom stereocenters. The van der Waals surface area contributed by atoms with Crippen molar-refractivity contribution in [2.24, 2.45) is 0 Å². The molecule has 0 radical (unpaired) electrons. The van der Waals surface area contributed by atoms with Crippen LogP contribution in [-0.4, -0.2) is 43.3 Å². The van der Waals surface area contributed by atoms with Crippen LogP contribution in [0.4, 0.5) is 4.79 Å². The quantitative estimate of drug-likeness (QED) is 0.618. The summed E-state index contributed by atoms with van der Waals surface area (Å²) >= 11 is 0. The van der Waals surface area contributed by atoms with Crippen molar-refractivity contribution in [3.63, 3.8) is 0 Å². The van der Waals surface area contributed by atoms with Crippen molar-refractivity contribution in [2.45, 2.75) is 13.0 Å². The van der Waals surface area contributed by atoms with E-state index in [0.717, 1.165) is 6.54 Å².